The van der Waals surface area contributed by atoms with Crippen molar-refractivity contribution in [3.05, 3.63) is 35.3 Å². The van der Waals surface area contributed by atoms with E-state index < -0.39 is 60.9 Å². The van der Waals surface area contributed by atoms with Crippen LogP contribution >= 0.6 is 0 Å². The van der Waals surface area contributed by atoms with E-state index in [9.17, 15) is 25.2 Å². The van der Waals surface area contributed by atoms with Crippen LogP contribution in [0.3, 0.4) is 0 Å². The van der Waals surface area contributed by atoms with Gasteiger partial charge in [-0.3, -0.25) is 0 Å². The van der Waals surface area contributed by atoms with Gasteiger partial charge in [0.25, 0.3) is 0 Å². The van der Waals surface area contributed by atoms with Crippen molar-refractivity contribution in [1.82, 2.24) is 0 Å². The molecule has 2 aliphatic heterocycles. The molecule has 0 aromatic carbocycles. The Morgan fingerprint density at radius 3 is 2.66 bits per heavy atom. The van der Waals surface area contributed by atoms with Gasteiger partial charge in [0.2, 0.25) is 0 Å². The summed E-state index contributed by atoms with van der Waals surface area (Å²) in [7, 11) is 0. The number of cyclic esters (lactones) is 1. The number of carbonyl (C=O) groups excluding carboxylic acids is 1. The van der Waals surface area contributed by atoms with Gasteiger partial charge in [0.15, 0.2) is 12.4 Å². The highest BCUT2D eigenvalue weighted by Gasteiger charge is 2.56. The van der Waals surface area contributed by atoms with E-state index in [-0.39, 0.29) is 0 Å². The zero-order valence-electron chi connectivity index (χ0n) is 16.2. The minimum absolute atomic E-state index is 0.437. The Hall–Kier alpha value is -1.75. The highest BCUT2D eigenvalue weighted by atomic mass is 16.7. The van der Waals surface area contributed by atoms with E-state index >= 15 is 0 Å². The van der Waals surface area contributed by atoms with Crippen LogP contribution in [0.25, 0.3) is 0 Å². The molecule has 1 aromatic rings. The minimum Gasteiger partial charge on any atom is -0.465 e. The van der Waals surface area contributed by atoms with Crippen LogP contribution in [0.4, 0.5) is 0 Å². The predicted octanol–water partition coefficient (Wildman–Crippen LogP) is 0.179. The lowest BCUT2D eigenvalue weighted by Gasteiger charge is -2.43. The molecule has 0 spiro atoms. The monoisotopic (exact) mass is 410 g/mol. The third-order valence-corrected chi connectivity index (χ3v) is 6.33. The highest BCUT2D eigenvalue weighted by Crippen LogP contribution is 2.56. The minimum atomic E-state index is -1.52. The molecule has 1 aromatic heterocycles. The zero-order valence-corrected chi connectivity index (χ0v) is 16.2. The number of furan rings is 1. The molecular formula is C20H26O9. The van der Waals surface area contributed by atoms with E-state index in [1.165, 1.54) is 6.26 Å². The largest absolute Gasteiger partial charge is 0.465 e. The fourth-order valence-electron chi connectivity index (χ4n) is 4.66. The van der Waals surface area contributed by atoms with Crippen molar-refractivity contribution in [2.24, 2.45) is 5.41 Å². The third-order valence-electron chi connectivity index (χ3n) is 6.33. The molecule has 2 saturated heterocycles. The Morgan fingerprint density at radius 1 is 1.24 bits per heavy atom. The maximum absolute atomic E-state index is 12.7. The first kappa shape index (κ1) is 20.5. The van der Waals surface area contributed by atoms with Crippen LogP contribution in [0.15, 0.2) is 34.0 Å². The average Bonchev–Trinajstić information content (AvgIpc) is 3.31. The normalized spacial score (nSPS) is 42.7. The lowest BCUT2D eigenvalue weighted by molar-refractivity contribution is -0.309. The summed E-state index contributed by atoms with van der Waals surface area (Å²) in [6, 6.07) is 3.52. The number of carbonyl (C=O) groups is 1. The lowest BCUT2D eigenvalue weighted by Crippen LogP contribution is -2.59. The molecule has 8 unspecified atom stereocenters. The molecule has 29 heavy (non-hydrogen) atoms. The molecule has 0 amide bonds. The Labute approximate surface area is 167 Å². The summed E-state index contributed by atoms with van der Waals surface area (Å²) in [5.41, 5.74) is 0.600. The van der Waals surface area contributed by atoms with Crippen LogP contribution in [0, 0.1) is 5.41 Å². The maximum Gasteiger partial charge on any atom is 0.335 e. The Balaban J connectivity index is 1.58. The van der Waals surface area contributed by atoms with Gasteiger partial charge in [-0.05, 0) is 37.5 Å². The predicted molar refractivity (Wildman–Crippen MR) is 96.2 cm³/mol. The molecule has 1 aliphatic carbocycles. The summed E-state index contributed by atoms with van der Waals surface area (Å²) in [6.45, 7) is 3.19. The zero-order chi connectivity index (χ0) is 20.9. The molecule has 9 heteroatoms. The molecule has 3 heterocycles. The summed E-state index contributed by atoms with van der Waals surface area (Å²) < 4.78 is 22.4. The number of hydrogen-bond donors (Lipinski definition) is 4. The number of rotatable bonds is 4. The smallest absolute Gasteiger partial charge is 0.335 e. The molecule has 4 rings (SSSR count). The van der Waals surface area contributed by atoms with Gasteiger partial charge in [-0.15, -0.1) is 0 Å². The molecule has 9 nitrogen and oxygen atoms in total. The van der Waals surface area contributed by atoms with Crippen LogP contribution in [0.5, 0.6) is 0 Å². The molecule has 4 N–H and O–H groups in total. The van der Waals surface area contributed by atoms with E-state index in [2.05, 4.69) is 0 Å². The standard InChI is InChI=1S/C20H26O9/c1-9-10(27-19-16(24)15(23)14(22)12(8-21)28-19)5-6-20(2)13(9)18(25)29-17(20)11-4-3-7-26-11/h3-4,7,10,12,14-17,19,21-24H,5-6,8H2,1-2H3. The first-order valence-corrected chi connectivity index (χ1v) is 9.69. The van der Waals surface area contributed by atoms with Crippen LogP contribution in [0.2, 0.25) is 0 Å². The molecule has 160 valence electrons. The third kappa shape index (κ3) is 3.22. The van der Waals surface area contributed by atoms with Gasteiger partial charge >= 0.3 is 5.97 Å². The van der Waals surface area contributed by atoms with Crippen molar-refractivity contribution in [3.63, 3.8) is 0 Å². The number of fused-ring (bicyclic) bond motifs is 1. The van der Waals surface area contributed by atoms with E-state index in [0.717, 1.165) is 0 Å². The first-order chi connectivity index (χ1) is 13.8. The first-order valence-electron chi connectivity index (χ1n) is 9.69. The summed E-state index contributed by atoms with van der Waals surface area (Å²) in [5, 5.41) is 39.5. The van der Waals surface area contributed by atoms with Crippen molar-refractivity contribution in [2.75, 3.05) is 6.61 Å². The summed E-state index contributed by atoms with van der Waals surface area (Å²) in [4.78, 5) is 12.7. The number of aliphatic hydroxyl groups is 4. The fourth-order valence-corrected chi connectivity index (χ4v) is 4.66. The van der Waals surface area contributed by atoms with Crippen molar-refractivity contribution < 1.29 is 43.8 Å². The second-order valence-corrected chi connectivity index (χ2v) is 8.14. The van der Waals surface area contributed by atoms with Gasteiger partial charge < -0.3 is 39.1 Å². The van der Waals surface area contributed by atoms with E-state index in [1.807, 2.05) is 6.92 Å². The van der Waals surface area contributed by atoms with Crippen molar-refractivity contribution in [2.45, 2.75) is 69.6 Å². The Bertz CT molecular complexity index is 786. The van der Waals surface area contributed by atoms with Gasteiger partial charge in [-0.1, -0.05) is 6.92 Å². The van der Waals surface area contributed by atoms with E-state index in [0.29, 0.717) is 29.7 Å². The van der Waals surface area contributed by atoms with Crippen LogP contribution in [0.1, 0.15) is 38.6 Å². The van der Waals surface area contributed by atoms with Crippen LogP contribution in [-0.2, 0) is 19.0 Å². The van der Waals surface area contributed by atoms with Crippen molar-refractivity contribution >= 4 is 5.97 Å². The number of aliphatic hydroxyl groups excluding tert-OH is 4. The van der Waals surface area contributed by atoms with Crippen LogP contribution < -0.4 is 0 Å². The highest BCUT2D eigenvalue weighted by molar-refractivity contribution is 5.94. The molecule has 3 aliphatic rings. The van der Waals surface area contributed by atoms with Crippen molar-refractivity contribution in [3.8, 4) is 0 Å². The lowest BCUT2D eigenvalue weighted by atomic mass is 9.68. The molecule has 0 bridgehead atoms. The SMILES string of the molecule is CC1=C2C(=O)OC(c3ccco3)C2(C)CCC1OC1OC(CO)C(O)C(O)C1O. The van der Waals surface area contributed by atoms with E-state index in [4.69, 9.17) is 18.6 Å². The van der Waals surface area contributed by atoms with Gasteiger partial charge in [-0.2, -0.15) is 0 Å². The molecule has 0 saturated carbocycles. The van der Waals surface area contributed by atoms with Crippen LogP contribution in [-0.4, -0.2) is 69.8 Å². The molecule has 0 radical (unpaired) electrons. The van der Waals surface area contributed by atoms with Gasteiger partial charge in [0, 0.05) is 11.0 Å². The van der Waals surface area contributed by atoms with E-state index in [1.54, 1.807) is 19.1 Å². The molecule has 2 fully saturated rings. The topological polar surface area (TPSA) is 139 Å². The van der Waals surface area contributed by atoms with Crippen molar-refractivity contribution in [1.29, 1.82) is 0 Å². The number of esters is 1. The molecule has 8 atom stereocenters. The second kappa shape index (κ2) is 7.50. The Kier molecular flexibility index (Phi) is 5.30. The van der Waals surface area contributed by atoms with Gasteiger partial charge in [0.1, 0.15) is 30.2 Å². The second-order valence-electron chi connectivity index (χ2n) is 8.14. The van der Waals surface area contributed by atoms with Gasteiger partial charge in [-0.25, -0.2) is 4.79 Å². The Morgan fingerprint density at radius 2 is 2.00 bits per heavy atom. The summed E-state index contributed by atoms with van der Waals surface area (Å²) in [5.74, 6) is 0.144. The maximum atomic E-state index is 12.7. The summed E-state index contributed by atoms with van der Waals surface area (Å²) >= 11 is 0. The quantitative estimate of drug-likeness (QED) is 0.512. The fraction of sp³-hybridized carbons (Fsp3) is 0.650. The van der Waals surface area contributed by atoms with Gasteiger partial charge in [0.05, 0.1) is 19.0 Å². The molecular weight excluding hydrogens is 384 g/mol. The number of ether oxygens (including phenoxy) is 3. The average molecular weight is 410 g/mol. The number of hydrogen-bond acceptors (Lipinski definition) is 9. The summed E-state index contributed by atoms with van der Waals surface area (Å²) in [6.07, 6.45) is -5.23.